The molecule has 108 valence electrons. The van der Waals surface area contributed by atoms with Crippen LogP contribution in [0.4, 0.5) is 0 Å². The number of nitrogens with one attached hydrogen (secondary N) is 1. The largest absolute Gasteiger partial charge is 0.491 e. The highest BCUT2D eigenvalue weighted by molar-refractivity contribution is 5.33. The van der Waals surface area contributed by atoms with E-state index >= 15 is 0 Å². The molecule has 0 aliphatic carbocycles. The van der Waals surface area contributed by atoms with Crippen molar-refractivity contribution >= 4 is 0 Å². The molecule has 0 saturated carbocycles. The highest BCUT2D eigenvalue weighted by Crippen LogP contribution is 2.18. The summed E-state index contributed by atoms with van der Waals surface area (Å²) in [6.45, 7) is 5.60. The molecule has 0 radical (unpaired) electrons. The summed E-state index contributed by atoms with van der Waals surface area (Å²) < 4.78 is 10.8. The van der Waals surface area contributed by atoms with Crippen molar-refractivity contribution in [1.82, 2.24) is 5.32 Å². The van der Waals surface area contributed by atoms with Crippen LogP contribution in [0.2, 0.25) is 0 Å². The predicted octanol–water partition coefficient (Wildman–Crippen LogP) is 1.61. The second-order valence-electron chi connectivity index (χ2n) is 4.88. The molecule has 0 heterocycles. The average molecular weight is 267 g/mol. The number of benzene rings is 1. The third-order valence-corrected chi connectivity index (χ3v) is 2.74. The number of hydrogen-bond donors (Lipinski definition) is 2. The molecule has 0 aromatic heterocycles. The molecule has 0 saturated heterocycles. The summed E-state index contributed by atoms with van der Waals surface area (Å²) in [7, 11) is 1.69. The van der Waals surface area contributed by atoms with Gasteiger partial charge in [-0.25, -0.2) is 0 Å². The van der Waals surface area contributed by atoms with E-state index in [1.807, 2.05) is 38.1 Å². The smallest absolute Gasteiger partial charge is 0.122 e. The molecule has 2 N–H and O–H groups in total. The minimum absolute atomic E-state index is 0.295. The zero-order valence-corrected chi connectivity index (χ0v) is 12.1. The van der Waals surface area contributed by atoms with Crippen molar-refractivity contribution in [3.8, 4) is 5.75 Å². The lowest BCUT2D eigenvalue weighted by atomic mass is 10.1. The van der Waals surface area contributed by atoms with E-state index in [-0.39, 0.29) is 0 Å². The lowest BCUT2D eigenvalue weighted by Crippen LogP contribution is -2.35. The second kappa shape index (κ2) is 8.91. The van der Waals surface area contributed by atoms with Crippen molar-refractivity contribution < 1.29 is 14.6 Å². The van der Waals surface area contributed by atoms with Gasteiger partial charge >= 0.3 is 0 Å². The van der Waals surface area contributed by atoms with E-state index in [1.165, 1.54) is 0 Å². The molecule has 0 fully saturated rings. The van der Waals surface area contributed by atoms with E-state index in [0.29, 0.717) is 25.8 Å². The molecule has 1 aromatic carbocycles. The summed E-state index contributed by atoms with van der Waals surface area (Å²) in [5, 5.41) is 13.0. The first-order chi connectivity index (χ1) is 9.13. The molecule has 4 nitrogen and oxygen atoms in total. The minimum atomic E-state index is -0.502. The van der Waals surface area contributed by atoms with Crippen molar-refractivity contribution in [2.24, 2.45) is 0 Å². The van der Waals surface area contributed by atoms with Gasteiger partial charge < -0.3 is 19.9 Å². The lowest BCUT2D eigenvalue weighted by Gasteiger charge is -2.16. The van der Waals surface area contributed by atoms with E-state index in [0.717, 1.165) is 17.7 Å². The second-order valence-corrected chi connectivity index (χ2v) is 4.88. The first-order valence-corrected chi connectivity index (χ1v) is 6.74. The third kappa shape index (κ3) is 6.57. The number of ether oxygens (including phenoxy) is 2. The Hall–Kier alpha value is -1.10. The fourth-order valence-corrected chi connectivity index (χ4v) is 1.68. The van der Waals surface area contributed by atoms with Gasteiger partial charge in [0.2, 0.25) is 0 Å². The Morgan fingerprint density at radius 1 is 1.26 bits per heavy atom. The van der Waals surface area contributed by atoms with Crippen LogP contribution in [0.3, 0.4) is 0 Å². The number of para-hydroxylation sites is 1. The van der Waals surface area contributed by atoms with Gasteiger partial charge in [-0.05, 0) is 18.1 Å². The van der Waals surface area contributed by atoms with Crippen molar-refractivity contribution in [3.63, 3.8) is 0 Å². The first kappa shape index (κ1) is 16.0. The highest BCUT2D eigenvalue weighted by Gasteiger charge is 2.08. The van der Waals surface area contributed by atoms with Crippen LogP contribution in [0.15, 0.2) is 24.3 Å². The Kier molecular flexibility index (Phi) is 7.48. The summed E-state index contributed by atoms with van der Waals surface area (Å²) >= 11 is 0. The van der Waals surface area contributed by atoms with Gasteiger partial charge in [-0.1, -0.05) is 32.0 Å². The van der Waals surface area contributed by atoms with Gasteiger partial charge in [0.25, 0.3) is 0 Å². The quantitative estimate of drug-likeness (QED) is 0.714. The van der Waals surface area contributed by atoms with Crippen molar-refractivity contribution in [2.75, 3.05) is 26.9 Å². The maximum Gasteiger partial charge on any atom is 0.122 e. The molecule has 0 aliphatic rings. The molecule has 19 heavy (non-hydrogen) atoms. The van der Waals surface area contributed by atoms with Gasteiger partial charge in [-0.2, -0.15) is 0 Å². The maximum atomic E-state index is 9.81. The van der Waals surface area contributed by atoms with Crippen molar-refractivity contribution in [1.29, 1.82) is 0 Å². The van der Waals surface area contributed by atoms with Crippen LogP contribution < -0.4 is 10.1 Å². The van der Waals surface area contributed by atoms with Gasteiger partial charge in [0, 0.05) is 19.7 Å². The fraction of sp³-hybridized carbons (Fsp3) is 0.600. The molecule has 1 rings (SSSR count). The average Bonchev–Trinajstić information content (AvgIpc) is 2.41. The van der Waals surface area contributed by atoms with Gasteiger partial charge in [-0.15, -0.1) is 0 Å². The molecule has 0 spiro atoms. The van der Waals surface area contributed by atoms with Gasteiger partial charge in [0.1, 0.15) is 18.5 Å². The molecule has 1 aromatic rings. The molecule has 1 atom stereocenters. The SMILES string of the molecule is COCCc1ccccc1OCC(O)CNC(C)C. The highest BCUT2D eigenvalue weighted by atomic mass is 16.5. The molecule has 1 unspecified atom stereocenters. The minimum Gasteiger partial charge on any atom is -0.491 e. The predicted molar refractivity (Wildman–Crippen MR) is 76.7 cm³/mol. The van der Waals surface area contributed by atoms with Crippen molar-refractivity contribution in [2.45, 2.75) is 32.4 Å². The van der Waals surface area contributed by atoms with E-state index in [2.05, 4.69) is 5.32 Å². The number of methoxy groups -OCH3 is 1. The summed E-state index contributed by atoms with van der Waals surface area (Å²) in [5.41, 5.74) is 1.10. The van der Waals surface area contributed by atoms with Crippen LogP contribution in [0.25, 0.3) is 0 Å². The summed E-state index contributed by atoms with van der Waals surface area (Å²) in [5.74, 6) is 0.822. The van der Waals surface area contributed by atoms with Crippen LogP contribution in [0.5, 0.6) is 5.75 Å². The monoisotopic (exact) mass is 267 g/mol. The van der Waals surface area contributed by atoms with E-state index in [1.54, 1.807) is 7.11 Å². The van der Waals surface area contributed by atoms with Crippen LogP contribution in [0, 0.1) is 0 Å². The molecular weight excluding hydrogens is 242 g/mol. The molecule has 0 aliphatic heterocycles. The summed E-state index contributed by atoms with van der Waals surface area (Å²) in [6.07, 6.45) is 0.311. The fourth-order valence-electron chi connectivity index (χ4n) is 1.68. The van der Waals surface area contributed by atoms with Crippen LogP contribution in [0.1, 0.15) is 19.4 Å². The number of hydrogen-bond acceptors (Lipinski definition) is 4. The molecule has 0 amide bonds. The maximum absolute atomic E-state index is 9.81. The Morgan fingerprint density at radius 2 is 2.00 bits per heavy atom. The summed E-state index contributed by atoms with van der Waals surface area (Å²) in [6, 6.07) is 8.23. The van der Waals surface area contributed by atoms with Gasteiger partial charge in [0.05, 0.1) is 6.61 Å². The van der Waals surface area contributed by atoms with Crippen LogP contribution in [-0.2, 0) is 11.2 Å². The normalized spacial score (nSPS) is 12.7. The van der Waals surface area contributed by atoms with E-state index in [9.17, 15) is 5.11 Å². The Bertz CT molecular complexity index is 355. The zero-order valence-electron chi connectivity index (χ0n) is 12.1. The Morgan fingerprint density at radius 3 is 2.68 bits per heavy atom. The standard InChI is InChI=1S/C15H25NO3/c1-12(2)16-10-14(17)11-19-15-7-5-4-6-13(15)8-9-18-3/h4-7,12,14,16-17H,8-11H2,1-3H3. The van der Waals surface area contributed by atoms with E-state index in [4.69, 9.17) is 9.47 Å². The number of aliphatic hydroxyl groups is 1. The van der Waals surface area contributed by atoms with Crippen molar-refractivity contribution in [3.05, 3.63) is 29.8 Å². The first-order valence-electron chi connectivity index (χ1n) is 6.74. The van der Waals surface area contributed by atoms with Gasteiger partial charge in [0.15, 0.2) is 0 Å². The Labute approximate surface area is 115 Å². The number of rotatable bonds is 9. The van der Waals surface area contributed by atoms with Crippen LogP contribution in [-0.4, -0.2) is 44.1 Å². The summed E-state index contributed by atoms with van der Waals surface area (Å²) in [4.78, 5) is 0. The Balaban J connectivity index is 2.43. The topological polar surface area (TPSA) is 50.7 Å². The van der Waals surface area contributed by atoms with Crippen LogP contribution >= 0.6 is 0 Å². The molecular formula is C15H25NO3. The molecule has 0 bridgehead atoms. The third-order valence-electron chi connectivity index (χ3n) is 2.74. The van der Waals surface area contributed by atoms with E-state index < -0.39 is 6.10 Å². The molecule has 4 heteroatoms. The lowest BCUT2D eigenvalue weighted by molar-refractivity contribution is 0.104. The zero-order chi connectivity index (χ0) is 14.1. The van der Waals surface area contributed by atoms with Gasteiger partial charge in [-0.3, -0.25) is 0 Å². The number of aliphatic hydroxyl groups excluding tert-OH is 1.